The summed E-state index contributed by atoms with van der Waals surface area (Å²) in [4.78, 5) is 16.6. The number of oxazole rings is 1. The van der Waals surface area contributed by atoms with E-state index in [1.165, 1.54) is 4.57 Å². The molecule has 0 N–H and O–H groups in total. The molecular weight excluding hydrogens is 276 g/mol. The fourth-order valence-corrected chi connectivity index (χ4v) is 2.43. The van der Waals surface area contributed by atoms with E-state index < -0.39 is 5.76 Å². The summed E-state index contributed by atoms with van der Waals surface area (Å²) in [5.74, 6) is 0.0377. The summed E-state index contributed by atoms with van der Waals surface area (Å²) in [5.41, 5.74) is 2.28. The standard InChI is InChI=1S/C18H12N2O2/c21-18-20(14-7-2-1-3-8-14)12-17(22-18)16-11-10-13-6-4-5-9-15(13)19-16/h1-12H. The number of benzene rings is 2. The summed E-state index contributed by atoms with van der Waals surface area (Å²) in [6.45, 7) is 0. The van der Waals surface area contributed by atoms with Crippen molar-refractivity contribution in [3.63, 3.8) is 0 Å². The normalized spacial score (nSPS) is 10.9. The molecule has 0 aliphatic carbocycles. The van der Waals surface area contributed by atoms with Crippen LogP contribution in [0.25, 0.3) is 28.0 Å². The van der Waals surface area contributed by atoms with Gasteiger partial charge >= 0.3 is 5.76 Å². The number of rotatable bonds is 2. The van der Waals surface area contributed by atoms with Gasteiger partial charge in [0.05, 0.1) is 17.4 Å². The minimum atomic E-state index is -0.420. The molecule has 0 saturated carbocycles. The fraction of sp³-hybridized carbons (Fsp3) is 0. The first-order chi connectivity index (χ1) is 10.8. The first-order valence-corrected chi connectivity index (χ1v) is 6.95. The molecule has 0 fully saturated rings. The summed E-state index contributed by atoms with van der Waals surface area (Å²) in [6.07, 6.45) is 1.68. The predicted molar refractivity (Wildman–Crippen MR) is 85.0 cm³/mol. The molecule has 0 unspecified atom stereocenters. The number of fused-ring (bicyclic) bond motifs is 1. The highest BCUT2D eigenvalue weighted by atomic mass is 16.4. The van der Waals surface area contributed by atoms with Gasteiger partial charge in [0.2, 0.25) is 0 Å². The van der Waals surface area contributed by atoms with Crippen molar-refractivity contribution in [2.24, 2.45) is 0 Å². The molecule has 0 aliphatic rings. The zero-order chi connectivity index (χ0) is 14.9. The molecule has 2 aromatic heterocycles. The highest BCUT2D eigenvalue weighted by molar-refractivity contribution is 5.80. The van der Waals surface area contributed by atoms with Gasteiger partial charge in [-0.1, -0.05) is 42.5 Å². The van der Waals surface area contributed by atoms with Crippen LogP contribution in [0.2, 0.25) is 0 Å². The maximum absolute atomic E-state index is 12.0. The Kier molecular flexibility index (Phi) is 2.86. The second-order valence-electron chi connectivity index (χ2n) is 4.96. The molecule has 0 spiro atoms. The van der Waals surface area contributed by atoms with Crippen molar-refractivity contribution >= 4 is 10.9 Å². The second-order valence-corrected chi connectivity index (χ2v) is 4.96. The van der Waals surface area contributed by atoms with Crippen molar-refractivity contribution in [3.05, 3.63) is 83.5 Å². The Bertz CT molecular complexity index is 1000. The lowest BCUT2D eigenvalue weighted by molar-refractivity contribution is 0.515. The Hall–Kier alpha value is -3.14. The average molecular weight is 288 g/mol. The molecule has 2 aromatic carbocycles. The van der Waals surface area contributed by atoms with Crippen molar-refractivity contribution in [1.29, 1.82) is 0 Å². The van der Waals surface area contributed by atoms with E-state index in [2.05, 4.69) is 4.98 Å². The van der Waals surface area contributed by atoms with E-state index >= 15 is 0 Å². The van der Waals surface area contributed by atoms with Gasteiger partial charge in [-0.25, -0.2) is 14.3 Å². The van der Waals surface area contributed by atoms with E-state index in [1.54, 1.807) is 6.20 Å². The molecule has 4 rings (SSSR count). The number of para-hydroxylation sites is 2. The topological polar surface area (TPSA) is 48.0 Å². The van der Waals surface area contributed by atoms with Gasteiger partial charge < -0.3 is 4.42 Å². The number of hydrogen-bond donors (Lipinski definition) is 0. The molecule has 0 atom stereocenters. The lowest BCUT2D eigenvalue weighted by Crippen LogP contribution is -2.10. The molecule has 2 heterocycles. The van der Waals surface area contributed by atoms with Crippen LogP contribution in [0.5, 0.6) is 0 Å². The third-order valence-corrected chi connectivity index (χ3v) is 3.53. The Balaban J connectivity index is 1.84. The van der Waals surface area contributed by atoms with Crippen LogP contribution in [0.1, 0.15) is 0 Å². The van der Waals surface area contributed by atoms with Crippen molar-refractivity contribution in [2.75, 3.05) is 0 Å². The summed E-state index contributed by atoms with van der Waals surface area (Å²) in [7, 11) is 0. The van der Waals surface area contributed by atoms with Crippen LogP contribution in [0.15, 0.2) is 82.1 Å². The third kappa shape index (κ3) is 2.11. The molecule has 4 aromatic rings. The monoisotopic (exact) mass is 288 g/mol. The zero-order valence-corrected chi connectivity index (χ0v) is 11.6. The van der Waals surface area contributed by atoms with Gasteiger partial charge in [-0.3, -0.25) is 0 Å². The van der Waals surface area contributed by atoms with Gasteiger partial charge in [-0.05, 0) is 24.3 Å². The molecule has 4 nitrogen and oxygen atoms in total. The smallest absolute Gasteiger partial charge is 0.406 e. The predicted octanol–water partition coefficient (Wildman–Crippen LogP) is 3.65. The van der Waals surface area contributed by atoms with Crippen molar-refractivity contribution in [3.8, 4) is 17.1 Å². The molecule has 0 amide bonds. The van der Waals surface area contributed by atoms with Crippen LogP contribution in [0.3, 0.4) is 0 Å². The summed E-state index contributed by atoms with van der Waals surface area (Å²) < 4.78 is 6.83. The molecule has 0 aliphatic heterocycles. The van der Waals surface area contributed by atoms with Gasteiger partial charge in [0, 0.05) is 5.39 Å². The van der Waals surface area contributed by atoms with Crippen molar-refractivity contribution in [1.82, 2.24) is 9.55 Å². The summed E-state index contributed by atoms with van der Waals surface area (Å²) >= 11 is 0. The highest BCUT2D eigenvalue weighted by Crippen LogP contribution is 2.21. The number of hydrogen-bond acceptors (Lipinski definition) is 3. The van der Waals surface area contributed by atoms with Crippen molar-refractivity contribution < 1.29 is 4.42 Å². The van der Waals surface area contributed by atoms with Gasteiger partial charge in [-0.15, -0.1) is 0 Å². The number of pyridine rings is 1. The molecule has 0 bridgehead atoms. The number of aromatic nitrogens is 2. The molecule has 22 heavy (non-hydrogen) atoms. The molecule has 0 radical (unpaired) electrons. The van der Waals surface area contributed by atoms with E-state index in [9.17, 15) is 4.79 Å². The maximum Gasteiger partial charge on any atom is 0.424 e. The Labute approximate surface area is 126 Å². The van der Waals surface area contributed by atoms with Crippen LogP contribution in [0.4, 0.5) is 0 Å². The first-order valence-electron chi connectivity index (χ1n) is 6.95. The van der Waals surface area contributed by atoms with E-state index in [4.69, 9.17) is 4.42 Å². The fourth-order valence-electron chi connectivity index (χ4n) is 2.43. The van der Waals surface area contributed by atoms with E-state index in [1.807, 2.05) is 66.7 Å². The zero-order valence-electron chi connectivity index (χ0n) is 11.6. The van der Waals surface area contributed by atoms with Crippen LogP contribution < -0.4 is 5.76 Å². The minimum Gasteiger partial charge on any atom is -0.406 e. The van der Waals surface area contributed by atoms with Crippen molar-refractivity contribution in [2.45, 2.75) is 0 Å². The van der Waals surface area contributed by atoms with Gasteiger partial charge in [0.15, 0.2) is 5.76 Å². The molecule has 0 saturated heterocycles. The van der Waals surface area contributed by atoms with Gasteiger partial charge in [0.25, 0.3) is 0 Å². The van der Waals surface area contributed by atoms with Crippen LogP contribution in [-0.4, -0.2) is 9.55 Å². The van der Waals surface area contributed by atoms with E-state index in [-0.39, 0.29) is 0 Å². The van der Waals surface area contributed by atoms with Crippen LogP contribution in [0, 0.1) is 0 Å². The maximum atomic E-state index is 12.0. The third-order valence-electron chi connectivity index (χ3n) is 3.53. The van der Waals surface area contributed by atoms with Crippen LogP contribution in [-0.2, 0) is 0 Å². The Morgan fingerprint density at radius 2 is 1.64 bits per heavy atom. The van der Waals surface area contributed by atoms with E-state index in [0.717, 1.165) is 16.6 Å². The van der Waals surface area contributed by atoms with Crippen LogP contribution >= 0.6 is 0 Å². The van der Waals surface area contributed by atoms with Gasteiger partial charge in [0.1, 0.15) is 5.69 Å². The quantitative estimate of drug-likeness (QED) is 0.565. The highest BCUT2D eigenvalue weighted by Gasteiger charge is 2.11. The minimum absolute atomic E-state index is 0.420. The lowest BCUT2D eigenvalue weighted by Gasteiger charge is -1.99. The SMILES string of the molecule is O=c1oc(-c2ccc3ccccc3n2)cn1-c1ccccc1. The molecule has 106 valence electrons. The van der Waals surface area contributed by atoms with E-state index in [0.29, 0.717) is 11.5 Å². The largest absolute Gasteiger partial charge is 0.424 e. The Morgan fingerprint density at radius 3 is 2.50 bits per heavy atom. The van der Waals surface area contributed by atoms with Gasteiger partial charge in [-0.2, -0.15) is 0 Å². The number of nitrogens with zero attached hydrogens (tertiary/aromatic N) is 2. The Morgan fingerprint density at radius 1 is 0.864 bits per heavy atom. The molecule has 4 heteroatoms. The summed E-state index contributed by atoms with van der Waals surface area (Å²) in [5, 5.41) is 1.05. The first kappa shape index (κ1) is 12.6. The molecular formula is C18H12N2O2. The average Bonchev–Trinajstić information content (AvgIpc) is 2.97. The second kappa shape index (κ2) is 5.00. The summed E-state index contributed by atoms with van der Waals surface area (Å²) in [6, 6.07) is 21.0. The lowest BCUT2D eigenvalue weighted by atomic mass is 10.2.